The van der Waals surface area contributed by atoms with Gasteiger partial charge in [-0.05, 0) is 55.8 Å². The third kappa shape index (κ3) is 3.39. The summed E-state index contributed by atoms with van der Waals surface area (Å²) in [6.07, 6.45) is 6.83. The van der Waals surface area contributed by atoms with Gasteiger partial charge >= 0.3 is 0 Å². The largest absolute Gasteiger partial charge is 0.341 e. The molecule has 26 heavy (non-hydrogen) atoms. The van der Waals surface area contributed by atoms with E-state index in [1.807, 2.05) is 18.2 Å². The maximum Gasteiger partial charge on any atom is 0.175 e. The molecule has 1 aliphatic heterocycles. The molecule has 0 spiro atoms. The van der Waals surface area contributed by atoms with Crippen molar-refractivity contribution in [1.29, 1.82) is 0 Å². The smallest absolute Gasteiger partial charge is 0.175 e. The van der Waals surface area contributed by atoms with Crippen LogP contribution in [0.4, 0.5) is 0 Å². The number of H-pyrrole nitrogens is 1. The number of piperidine rings is 1. The molecule has 0 atom stereocenters. The van der Waals surface area contributed by atoms with Crippen molar-refractivity contribution < 1.29 is 8.42 Å². The Labute approximate surface area is 154 Å². The molecule has 0 unspecified atom stereocenters. The SMILES string of the molecule is CS(=O)(=O)c1ccc(-c2c(CN3CCCCC3)[nH]c3ncccc23)cc1. The summed E-state index contributed by atoms with van der Waals surface area (Å²) < 4.78 is 23.5. The number of benzene rings is 1. The molecule has 1 fully saturated rings. The van der Waals surface area contributed by atoms with Crippen LogP contribution in [0.2, 0.25) is 0 Å². The highest BCUT2D eigenvalue weighted by Crippen LogP contribution is 2.33. The fourth-order valence-electron chi connectivity index (χ4n) is 3.73. The molecule has 0 amide bonds. The Morgan fingerprint density at radius 1 is 1.08 bits per heavy atom. The number of hydrogen-bond acceptors (Lipinski definition) is 4. The molecule has 136 valence electrons. The molecule has 3 aromatic rings. The molecular weight excluding hydrogens is 346 g/mol. The lowest BCUT2D eigenvalue weighted by Gasteiger charge is -2.26. The fourth-order valence-corrected chi connectivity index (χ4v) is 4.36. The van der Waals surface area contributed by atoms with Gasteiger partial charge in [0.15, 0.2) is 9.84 Å². The first-order valence-corrected chi connectivity index (χ1v) is 10.9. The van der Waals surface area contributed by atoms with Gasteiger partial charge in [0.05, 0.1) is 4.90 Å². The van der Waals surface area contributed by atoms with Crippen molar-refractivity contribution in [3.05, 3.63) is 48.3 Å². The van der Waals surface area contributed by atoms with Gasteiger partial charge < -0.3 is 4.98 Å². The van der Waals surface area contributed by atoms with E-state index in [4.69, 9.17) is 0 Å². The standard InChI is InChI=1S/C20H23N3O2S/c1-26(24,25)16-9-7-15(8-10-16)19-17-6-5-11-21-20(17)22-18(19)14-23-12-3-2-4-13-23/h5-11H,2-4,12-14H2,1H3,(H,21,22). The quantitative estimate of drug-likeness (QED) is 0.763. The number of rotatable bonds is 4. The number of fused-ring (bicyclic) bond motifs is 1. The van der Waals surface area contributed by atoms with Gasteiger partial charge in [-0.2, -0.15) is 0 Å². The topological polar surface area (TPSA) is 66.1 Å². The molecule has 3 heterocycles. The lowest BCUT2D eigenvalue weighted by molar-refractivity contribution is 0.219. The number of pyridine rings is 1. The van der Waals surface area contributed by atoms with E-state index in [-0.39, 0.29) is 0 Å². The molecule has 1 N–H and O–H groups in total. The van der Waals surface area contributed by atoms with Crippen LogP contribution in [0.1, 0.15) is 25.0 Å². The van der Waals surface area contributed by atoms with Crippen LogP contribution in [0.25, 0.3) is 22.2 Å². The second-order valence-electron chi connectivity index (χ2n) is 7.01. The van der Waals surface area contributed by atoms with E-state index in [2.05, 4.69) is 20.9 Å². The summed E-state index contributed by atoms with van der Waals surface area (Å²) in [6, 6.07) is 11.2. The van der Waals surface area contributed by atoms with E-state index < -0.39 is 9.84 Å². The van der Waals surface area contributed by atoms with Crippen LogP contribution in [0, 0.1) is 0 Å². The summed E-state index contributed by atoms with van der Waals surface area (Å²) in [6.45, 7) is 3.10. The van der Waals surface area contributed by atoms with Gasteiger partial charge in [0.25, 0.3) is 0 Å². The summed E-state index contributed by atoms with van der Waals surface area (Å²) in [5.41, 5.74) is 4.16. The van der Waals surface area contributed by atoms with Crippen LogP contribution >= 0.6 is 0 Å². The first-order chi connectivity index (χ1) is 12.5. The van der Waals surface area contributed by atoms with Crippen molar-refractivity contribution in [2.45, 2.75) is 30.7 Å². The molecule has 0 aliphatic carbocycles. The third-order valence-corrected chi connectivity index (χ3v) is 6.18. The summed E-state index contributed by atoms with van der Waals surface area (Å²) in [5.74, 6) is 0. The second kappa shape index (κ2) is 6.85. The minimum Gasteiger partial charge on any atom is -0.341 e. The molecule has 1 aromatic carbocycles. The van der Waals surface area contributed by atoms with Crippen LogP contribution in [-0.4, -0.2) is 42.6 Å². The Morgan fingerprint density at radius 3 is 2.50 bits per heavy atom. The molecule has 0 bridgehead atoms. The number of aromatic amines is 1. The van der Waals surface area contributed by atoms with Gasteiger partial charge in [-0.1, -0.05) is 18.6 Å². The van der Waals surface area contributed by atoms with E-state index in [9.17, 15) is 8.42 Å². The summed E-state index contributed by atoms with van der Waals surface area (Å²) in [5, 5.41) is 1.08. The van der Waals surface area contributed by atoms with Crippen LogP contribution in [-0.2, 0) is 16.4 Å². The zero-order valence-electron chi connectivity index (χ0n) is 14.9. The van der Waals surface area contributed by atoms with Gasteiger partial charge in [0.1, 0.15) is 5.65 Å². The fraction of sp³-hybridized carbons (Fsp3) is 0.350. The number of nitrogens with one attached hydrogen (secondary N) is 1. The van der Waals surface area contributed by atoms with Gasteiger partial charge in [-0.3, -0.25) is 4.90 Å². The highest BCUT2D eigenvalue weighted by Gasteiger charge is 2.18. The molecule has 1 aliphatic rings. The van der Waals surface area contributed by atoms with Crippen LogP contribution in [0.5, 0.6) is 0 Å². The number of nitrogens with zero attached hydrogens (tertiary/aromatic N) is 2. The molecule has 2 aromatic heterocycles. The predicted octanol–water partition coefficient (Wildman–Crippen LogP) is 3.62. The van der Waals surface area contributed by atoms with Crippen molar-refractivity contribution in [1.82, 2.24) is 14.9 Å². The molecule has 1 saturated heterocycles. The molecule has 0 radical (unpaired) electrons. The minimum atomic E-state index is -3.19. The van der Waals surface area contributed by atoms with Gasteiger partial charge in [0.2, 0.25) is 0 Å². The molecule has 6 heteroatoms. The minimum absolute atomic E-state index is 0.344. The van der Waals surface area contributed by atoms with Crippen molar-refractivity contribution in [3.8, 4) is 11.1 Å². The zero-order chi connectivity index (χ0) is 18.1. The van der Waals surface area contributed by atoms with Gasteiger partial charge in [-0.25, -0.2) is 13.4 Å². The van der Waals surface area contributed by atoms with Crippen LogP contribution in [0.15, 0.2) is 47.5 Å². The maximum absolute atomic E-state index is 11.7. The van der Waals surface area contributed by atoms with Crippen LogP contribution in [0.3, 0.4) is 0 Å². The molecule has 4 rings (SSSR count). The first-order valence-electron chi connectivity index (χ1n) is 9.01. The van der Waals surface area contributed by atoms with Crippen molar-refractivity contribution in [2.75, 3.05) is 19.3 Å². The van der Waals surface area contributed by atoms with E-state index in [1.165, 1.54) is 25.5 Å². The molecule has 5 nitrogen and oxygen atoms in total. The maximum atomic E-state index is 11.7. The predicted molar refractivity (Wildman–Crippen MR) is 104 cm³/mol. The Balaban J connectivity index is 1.78. The number of aromatic nitrogens is 2. The Hall–Kier alpha value is -2.18. The summed E-state index contributed by atoms with van der Waals surface area (Å²) in [4.78, 5) is 10.8. The van der Waals surface area contributed by atoms with Gasteiger partial charge in [-0.15, -0.1) is 0 Å². The third-order valence-electron chi connectivity index (χ3n) is 5.05. The monoisotopic (exact) mass is 369 g/mol. The normalized spacial score (nSPS) is 16.2. The van der Waals surface area contributed by atoms with E-state index >= 15 is 0 Å². The molecule has 0 saturated carbocycles. The lowest BCUT2D eigenvalue weighted by atomic mass is 10.0. The van der Waals surface area contributed by atoms with E-state index in [1.54, 1.807) is 18.3 Å². The second-order valence-corrected chi connectivity index (χ2v) is 9.03. The van der Waals surface area contributed by atoms with Crippen molar-refractivity contribution in [3.63, 3.8) is 0 Å². The van der Waals surface area contributed by atoms with E-state index in [0.717, 1.165) is 47.5 Å². The lowest BCUT2D eigenvalue weighted by Crippen LogP contribution is -2.29. The Morgan fingerprint density at radius 2 is 1.81 bits per heavy atom. The number of likely N-dealkylation sites (tertiary alicyclic amines) is 1. The zero-order valence-corrected chi connectivity index (χ0v) is 15.7. The number of hydrogen-bond donors (Lipinski definition) is 1. The highest BCUT2D eigenvalue weighted by molar-refractivity contribution is 7.90. The average molecular weight is 369 g/mol. The Bertz CT molecular complexity index is 1020. The molecular formula is C20H23N3O2S. The van der Waals surface area contributed by atoms with Crippen molar-refractivity contribution >= 4 is 20.9 Å². The number of sulfone groups is 1. The van der Waals surface area contributed by atoms with Crippen molar-refractivity contribution in [2.24, 2.45) is 0 Å². The highest BCUT2D eigenvalue weighted by atomic mass is 32.2. The van der Waals surface area contributed by atoms with Crippen LogP contribution < -0.4 is 0 Å². The first kappa shape index (κ1) is 17.2. The average Bonchev–Trinajstić information content (AvgIpc) is 2.99. The summed E-state index contributed by atoms with van der Waals surface area (Å²) >= 11 is 0. The van der Waals surface area contributed by atoms with Gasteiger partial charge in [0, 0.05) is 35.6 Å². The summed E-state index contributed by atoms with van der Waals surface area (Å²) in [7, 11) is -3.19. The Kier molecular flexibility index (Phi) is 4.54. The van der Waals surface area contributed by atoms with E-state index in [0.29, 0.717) is 4.90 Å².